The Morgan fingerprint density at radius 3 is 2.33 bits per heavy atom. The first-order chi connectivity index (χ1) is 9.99. The number of nitrogens with one attached hydrogen (secondary N) is 1. The quantitative estimate of drug-likeness (QED) is 0.698. The van der Waals surface area contributed by atoms with Crippen LogP contribution in [-0.2, 0) is 14.4 Å². The minimum absolute atomic E-state index is 0.00683. The number of carbonyl (C=O) groups is 3. The number of likely N-dealkylation sites (N-methyl/N-ethyl adjacent to an activating group) is 2. The highest BCUT2D eigenvalue weighted by Gasteiger charge is 2.52. The zero-order valence-electron chi connectivity index (χ0n) is 12.4. The maximum Gasteiger partial charge on any atom is 0.307 e. The van der Waals surface area contributed by atoms with Gasteiger partial charge in [-0.1, -0.05) is 12.2 Å². The second kappa shape index (κ2) is 6.28. The molecule has 2 bridgehead atoms. The van der Waals surface area contributed by atoms with E-state index in [0.29, 0.717) is 13.1 Å². The van der Waals surface area contributed by atoms with Crippen molar-refractivity contribution in [1.82, 2.24) is 10.2 Å². The highest BCUT2D eigenvalue weighted by atomic mass is 16.4. The van der Waals surface area contributed by atoms with Crippen molar-refractivity contribution in [2.24, 2.45) is 23.7 Å². The Morgan fingerprint density at radius 2 is 1.81 bits per heavy atom. The molecule has 2 aliphatic rings. The highest BCUT2D eigenvalue weighted by molar-refractivity contribution is 5.90. The molecule has 2 unspecified atom stereocenters. The van der Waals surface area contributed by atoms with Gasteiger partial charge in [0.05, 0.1) is 18.4 Å². The van der Waals surface area contributed by atoms with Crippen LogP contribution in [0.2, 0.25) is 0 Å². The van der Waals surface area contributed by atoms with Gasteiger partial charge in [0.2, 0.25) is 11.8 Å². The lowest BCUT2D eigenvalue weighted by atomic mass is 9.82. The maximum absolute atomic E-state index is 12.7. The molecular formula is C15H22N2O4. The van der Waals surface area contributed by atoms with Crippen LogP contribution in [0.15, 0.2) is 12.2 Å². The molecule has 0 aromatic carbocycles. The number of hydrogen-bond donors (Lipinski definition) is 2. The second-order valence-electron chi connectivity index (χ2n) is 5.64. The number of amides is 2. The van der Waals surface area contributed by atoms with E-state index in [2.05, 4.69) is 5.32 Å². The summed E-state index contributed by atoms with van der Waals surface area (Å²) in [4.78, 5) is 37.3. The lowest BCUT2D eigenvalue weighted by molar-refractivity contribution is -0.151. The molecule has 0 aromatic rings. The van der Waals surface area contributed by atoms with E-state index < -0.39 is 17.8 Å². The van der Waals surface area contributed by atoms with Crippen LogP contribution in [0, 0.1) is 23.7 Å². The van der Waals surface area contributed by atoms with Crippen molar-refractivity contribution in [3.05, 3.63) is 12.2 Å². The monoisotopic (exact) mass is 294 g/mol. The Kier molecular flexibility index (Phi) is 4.65. The molecule has 2 N–H and O–H groups in total. The van der Waals surface area contributed by atoms with Crippen LogP contribution < -0.4 is 5.32 Å². The van der Waals surface area contributed by atoms with E-state index in [1.54, 1.807) is 6.92 Å². The van der Waals surface area contributed by atoms with E-state index in [9.17, 15) is 19.5 Å². The standard InChI is InChI=1S/C15H22N2O4/c1-3-16-11(18)8-17(4-2)14(19)12-9-5-6-10(7-9)13(12)15(20)21/h5-6,9-10,12-13H,3-4,7-8H2,1-2H3,(H,16,18)(H,20,21)/t9?,10?,12-,13+/m0/s1. The molecule has 0 heterocycles. The summed E-state index contributed by atoms with van der Waals surface area (Å²) in [6, 6.07) is 0. The van der Waals surface area contributed by atoms with Crippen LogP contribution in [-0.4, -0.2) is 47.4 Å². The van der Waals surface area contributed by atoms with Gasteiger partial charge in [-0.2, -0.15) is 0 Å². The SMILES string of the molecule is CCNC(=O)CN(CC)C(=O)[C@H]1C2C=CC(C2)[C@H]1C(=O)O. The van der Waals surface area contributed by atoms with Crippen molar-refractivity contribution in [3.8, 4) is 0 Å². The maximum atomic E-state index is 12.7. The van der Waals surface area contributed by atoms with E-state index in [-0.39, 0.29) is 30.2 Å². The molecule has 0 aliphatic heterocycles. The van der Waals surface area contributed by atoms with Crippen molar-refractivity contribution in [1.29, 1.82) is 0 Å². The summed E-state index contributed by atoms with van der Waals surface area (Å²) in [5.41, 5.74) is 0. The number of nitrogens with zero attached hydrogens (tertiary/aromatic N) is 1. The number of rotatable bonds is 6. The summed E-state index contributed by atoms with van der Waals surface area (Å²) >= 11 is 0. The molecule has 2 amide bonds. The predicted octanol–water partition coefficient (Wildman–Crippen LogP) is 0.494. The second-order valence-corrected chi connectivity index (χ2v) is 5.64. The van der Waals surface area contributed by atoms with Crippen LogP contribution >= 0.6 is 0 Å². The summed E-state index contributed by atoms with van der Waals surface area (Å²) in [6.07, 6.45) is 4.59. The van der Waals surface area contributed by atoms with E-state index >= 15 is 0 Å². The normalized spacial score (nSPS) is 29.4. The summed E-state index contributed by atoms with van der Waals surface area (Å²) < 4.78 is 0. The van der Waals surface area contributed by atoms with Gasteiger partial charge in [-0.25, -0.2) is 0 Å². The van der Waals surface area contributed by atoms with E-state index in [1.807, 2.05) is 19.1 Å². The molecule has 1 fully saturated rings. The van der Waals surface area contributed by atoms with Crippen LogP contribution in [0.1, 0.15) is 20.3 Å². The van der Waals surface area contributed by atoms with Crippen molar-refractivity contribution in [3.63, 3.8) is 0 Å². The third-order valence-corrected chi connectivity index (χ3v) is 4.43. The fourth-order valence-electron chi connectivity index (χ4n) is 3.48. The average Bonchev–Trinajstić information content (AvgIpc) is 3.04. The number of allylic oxidation sites excluding steroid dienone is 2. The van der Waals surface area contributed by atoms with Gasteiger partial charge >= 0.3 is 5.97 Å². The van der Waals surface area contributed by atoms with Crippen molar-refractivity contribution < 1.29 is 19.5 Å². The lowest BCUT2D eigenvalue weighted by Crippen LogP contribution is -2.46. The molecular weight excluding hydrogens is 272 g/mol. The van der Waals surface area contributed by atoms with Crippen LogP contribution in [0.3, 0.4) is 0 Å². The van der Waals surface area contributed by atoms with Gasteiger partial charge in [0.1, 0.15) is 0 Å². The van der Waals surface area contributed by atoms with Gasteiger partial charge in [-0.3, -0.25) is 14.4 Å². The summed E-state index contributed by atoms with van der Waals surface area (Å²) in [7, 11) is 0. The minimum atomic E-state index is -0.917. The number of carboxylic acids is 1. The predicted molar refractivity (Wildman–Crippen MR) is 76.3 cm³/mol. The zero-order valence-corrected chi connectivity index (χ0v) is 12.4. The molecule has 0 saturated heterocycles. The Labute approximate surface area is 124 Å². The molecule has 0 spiro atoms. The first-order valence-electron chi connectivity index (χ1n) is 7.46. The molecule has 116 valence electrons. The first kappa shape index (κ1) is 15.5. The largest absolute Gasteiger partial charge is 0.481 e. The molecule has 2 rings (SSSR count). The van der Waals surface area contributed by atoms with E-state index in [1.165, 1.54) is 4.90 Å². The van der Waals surface area contributed by atoms with Gasteiger partial charge in [0.25, 0.3) is 0 Å². The number of carbonyl (C=O) groups excluding carboxylic acids is 2. The molecule has 0 aromatic heterocycles. The van der Waals surface area contributed by atoms with Gasteiger partial charge < -0.3 is 15.3 Å². The average molecular weight is 294 g/mol. The van der Waals surface area contributed by atoms with Gasteiger partial charge in [-0.05, 0) is 32.1 Å². The van der Waals surface area contributed by atoms with E-state index in [0.717, 1.165) is 6.42 Å². The topological polar surface area (TPSA) is 86.7 Å². The fourth-order valence-corrected chi connectivity index (χ4v) is 3.48. The summed E-state index contributed by atoms with van der Waals surface area (Å²) in [6.45, 7) is 4.53. The van der Waals surface area contributed by atoms with Crippen LogP contribution in [0.25, 0.3) is 0 Å². The third kappa shape index (κ3) is 2.94. The smallest absolute Gasteiger partial charge is 0.307 e. The van der Waals surface area contributed by atoms with Crippen molar-refractivity contribution >= 4 is 17.8 Å². The Bertz CT molecular complexity index is 474. The Balaban J connectivity index is 2.11. The summed E-state index contributed by atoms with van der Waals surface area (Å²) in [5, 5.41) is 12.1. The van der Waals surface area contributed by atoms with Crippen molar-refractivity contribution in [2.75, 3.05) is 19.6 Å². The van der Waals surface area contributed by atoms with Gasteiger partial charge in [-0.15, -0.1) is 0 Å². The Hall–Kier alpha value is -1.85. The Morgan fingerprint density at radius 1 is 1.19 bits per heavy atom. The van der Waals surface area contributed by atoms with Crippen LogP contribution in [0.4, 0.5) is 0 Å². The molecule has 1 saturated carbocycles. The van der Waals surface area contributed by atoms with E-state index in [4.69, 9.17) is 0 Å². The van der Waals surface area contributed by atoms with Crippen molar-refractivity contribution in [2.45, 2.75) is 20.3 Å². The molecule has 0 radical (unpaired) electrons. The molecule has 6 nitrogen and oxygen atoms in total. The lowest BCUT2D eigenvalue weighted by Gasteiger charge is -2.29. The number of aliphatic carboxylic acids is 1. The summed E-state index contributed by atoms with van der Waals surface area (Å²) in [5.74, 6) is -2.59. The molecule has 21 heavy (non-hydrogen) atoms. The zero-order chi connectivity index (χ0) is 15.6. The highest BCUT2D eigenvalue weighted by Crippen LogP contribution is 2.48. The molecule has 4 atom stereocenters. The number of carboxylic acid groups (broad SMARTS) is 1. The third-order valence-electron chi connectivity index (χ3n) is 4.43. The molecule has 2 aliphatic carbocycles. The van der Waals surface area contributed by atoms with Gasteiger partial charge in [0, 0.05) is 13.1 Å². The van der Waals surface area contributed by atoms with Crippen LogP contribution in [0.5, 0.6) is 0 Å². The first-order valence-corrected chi connectivity index (χ1v) is 7.46. The number of fused-ring (bicyclic) bond motifs is 2. The van der Waals surface area contributed by atoms with Gasteiger partial charge in [0.15, 0.2) is 0 Å². The fraction of sp³-hybridized carbons (Fsp3) is 0.667. The number of hydrogen-bond acceptors (Lipinski definition) is 3. The molecule has 6 heteroatoms. The minimum Gasteiger partial charge on any atom is -0.481 e.